The predicted molar refractivity (Wildman–Crippen MR) is 67.3 cm³/mol. The Hall–Kier alpha value is -2.16. The Labute approximate surface area is 105 Å². The van der Waals surface area contributed by atoms with Crippen molar-refractivity contribution in [3.8, 4) is 5.75 Å². The molecule has 0 bridgehead atoms. The van der Waals surface area contributed by atoms with Gasteiger partial charge in [-0.05, 0) is 49.2 Å². The maximum absolute atomic E-state index is 12.8. The van der Waals surface area contributed by atoms with Gasteiger partial charge in [0.1, 0.15) is 11.6 Å². The van der Waals surface area contributed by atoms with Gasteiger partial charge in [-0.1, -0.05) is 18.2 Å². The lowest BCUT2D eigenvalue weighted by atomic mass is 10.1. The van der Waals surface area contributed by atoms with Crippen LogP contribution >= 0.6 is 0 Å². The number of esters is 1. The molecular formula is C15H13FO2. The van der Waals surface area contributed by atoms with Crippen LogP contribution in [0, 0.1) is 19.7 Å². The second-order valence-electron chi connectivity index (χ2n) is 4.12. The van der Waals surface area contributed by atoms with Gasteiger partial charge in [0.15, 0.2) is 0 Å². The highest BCUT2D eigenvalue weighted by Gasteiger charge is 2.11. The second kappa shape index (κ2) is 5.00. The average Bonchev–Trinajstić information content (AvgIpc) is 2.34. The van der Waals surface area contributed by atoms with Crippen LogP contribution in [0.15, 0.2) is 42.5 Å². The van der Waals surface area contributed by atoms with Crippen LogP contribution in [0.25, 0.3) is 0 Å². The first-order chi connectivity index (χ1) is 8.58. The van der Waals surface area contributed by atoms with Gasteiger partial charge in [0, 0.05) is 0 Å². The van der Waals surface area contributed by atoms with Crippen molar-refractivity contribution in [1.29, 1.82) is 0 Å². The number of ether oxygens (including phenoxy) is 1. The van der Waals surface area contributed by atoms with Crippen molar-refractivity contribution in [3.05, 3.63) is 65.0 Å². The van der Waals surface area contributed by atoms with Gasteiger partial charge in [-0.2, -0.15) is 0 Å². The first-order valence-electron chi connectivity index (χ1n) is 5.62. The molecule has 0 aliphatic carbocycles. The van der Waals surface area contributed by atoms with Crippen LogP contribution in [0.1, 0.15) is 21.5 Å². The third-order valence-electron chi connectivity index (χ3n) is 2.68. The summed E-state index contributed by atoms with van der Waals surface area (Å²) in [5.41, 5.74) is 2.12. The molecule has 0 amide bonds. The summed E-state index contributed by atoms with van der Waals surface area (Å²) in [4.78, 5) is 11.9. The Balaban J connectivity index is 2.24. The number of halogens is 1. The Bertz CT molecular complexity index is 553. The highest BCUT2D eigenvalue weighted by atomic mass is 19.1. The minimum absolute atomic E-state index is 0.332. The lowest BCUT2D eigenvalue weighted by Gasteiger charge is -2.10. The summed E-state index contributed by atoms with van der Waals surface area (Å²) in [7, 11) is 0. The summed E-state index contributed by atoms with van der Waals surface area (Å²) >= 11 is 0. The van der Waals surface area contributed by atoms with E-state index < -0.39 is 5.97 Å². The maximum Gasteiger partial charge on any atom is 0.343 e. The summed E-state index contributed by atoms with van der Waals surface area (Å²) in [5, 5.41) is 0. The molecule has 0 saturated carbocycles. The summed E-state index contributed by atoms with van der Waals surface area (Å²) in [6.07, 6.45) is 0. The maximum atomic E-state index is 12.8. The van der Waals surface area contributed by atoms with E-state index >= 15 is 0 Å². The van der Waals surface area contributed by atoms with Crippen LogP contribution in [0.2, 0.25) is 0 Å². The van der Waals surface area contributed by atoms with Crippen LogP contribution in [0.5, 0.6) is 5.75 Å². The molecule has 2 nitrogen and oxygen atoms in total. The molecule has 2 rings (SSSR count). The molecule has 2 aromatic carbocycles. The SMILES string of the molecule is Cc1cccc(C)c1OC(=O)c1ccc(F)cc1. The topological polar surface area (TPSA) is 26.3 Å². The average molecular weight is 244 g/mol. The smallest absolute Gasteiger partial charge is 0.343 e. The molecule has 0 fully saturated rings. The van der Waals surface area contributed by atoms with Gasteiger partial charge in [-0.3, -0.25) is 0 Å². The molecule has 0 atom stereocenters. The molecule has 0 aromatic heterocycles. The van der Waals surface area contributed by atoms with Gasteiger partial charge < -0.3 is 4.74 Å². The molecule has 0 radical (unpaired) electrons. The van der Waals surface area contributed by atoms with Gasteiger partial charge in [0.25, 0.3) is 0 Å². The van der Waals surface area contributed by atoms with Crippen LogP contribution in [-0.4, -0.2) is 5.97 Å². The fourth-order valence-corrected chi connectivity index (χ4v) is 1.70. The van der Waals surface area contributed by atoms with Gasteiger partial charge in [-0.25, -0.2) is 9.18 Å². The number of aryl methyl sites for hydroxylation is 2. The van der Waals surface area contributed by atoms with Crippen molar-refractivity contribution in [2.45, 2.75) is 13.8 Å². The predicted octanol–water partition coefficient (Wildman–Crippen LogP) is 3.66. The van der Waals surface area contributed by atoms with Crippen molar-refractivity contribution in [3.63, 3.8) is 0 Å². The van der Waals surface area contributed by atoms with Crippen molar-refractivity contribution in [2.75, 3.05) is 0 Å². The van der Waals surface area contributed by atoms with E-state index in [1.165, 1.54) is 24.3 Å². The van der Waals surface area contributed by atoms with Crippen LogP contribution in [0.3, 0.4) is 0 Å². The Morgan fingerprint density at radius 1 is 1.00 bits per heavy atom. The highest BCUT2D eigenvalue weighted by molar-refractivity contribution is 5.91. The standard InChI is InChI=1S/C15H13FO2/c1-10-4-3-5-11(2)14(10)18-15(17)12-6-8-13(16)9-7-12/h3-9H,1-2H3. The number of carbonyl (C=O) groups excluding carboxylic acids is 1. The third-order valence-corrected chi connectivity index (χ3v) is 2.68. The molecule has 0 N–H and O–H groups in total. The summed E-state index contributed by atoms with van der Waals surface area (Å²) in [5.74, 6) is -0.294. The number of para-hydroxylation sites is 1. The fraction of sp³-hybridized carbons (Fsp3) is 0.133. The van der Waals surface area contributed by atoms with E-state index in [9.17, 15) is 9.18 Å². The van der Waals surface area contributed by atoms with Crippen LogP contribution in [-0.2, 0) is 0 Å². The summed E-state index contributed by atoms with van der Waals surface area (Å²) in [6, 6.07) is 10.9. The van der Waals surface area contributed by atoms with E-state index in [-0.39, 0.29) is 5.82 Å². The Morgan fingerprint density at radius 2 is 1.56 bits per heavy atom. The number of rotatable bonds is 2. The van der Waals surface area contributed by atoms with Crippen molar-refractivity contribution >= 4 is 5.97 Å². The second-order valence-corrected chi connectivity index (χ2v) is 4.12. The van der Waals surface area contributed by atoms with E-state index in [1.807, 2.05) is 32.0 Å². The molecule has 0 saturated heterocycles. The monoisotopic (exact) mass is 244 g/mol. The first kappa shape index (κ1) is 12.3. The lowest BCUT2D eigenvalue weighted by molar-refractivity contribution is 0.0732. The molecule has 0 unspecified atom stereocenters. The molecule has 92 valence electrons. The molecule has 0 aliphatic heterocycles. The number of hydrogen-bond donors (Lipinski definition) is 0. The quantitative estimate of drug-likeness (QED) is 0.595. The van der Waals surface area contributed by atoms with E-state index in [2.05, 4.69) is 0 Å². The minimum Gasteiger partial charge on any atom is -0.422 e. The van der Waals surface area contributed by atoms with E-state index in [0.29, 0.717) is 11.3 Å². The first-order valence-corrected chi connectivity index (χ1v) is 5.62. The molecular weight excluding hydrogens is 231 g/mol. The minimum atomic E-state index is -0.479. The fourth-order valence-electron chi connectivity index (χ4n) is 1.70. The molecule has 0 spiro atoms. The highest BCUT2D eigenvalue weighted by Crippen LogP contribution is 2.23. The van der Waals surface area contributed by atoms with Gasteiger partial charge in [0.05, 0.1) is 5.56 Å². The number of carbonyl (C=O) groups is 1. The third kappa shape index (κ3) is 2.56. The molecule has 0 heterocycles. The van der Waals surface area contributed by atoms with Gasteiger partial charge in [0.2, 0.25) is 0 Å². The van der Waals surface area contributed by atoms with Crippen molar-refractivity contribution in [2.24, 2.45) is 0 Å². The van der Waals surface area contributed by atoms with Crippen LogP contribution < -0.4 is 4.74 Å². The molecule has 2 aromatic rings. The van der Waals surface area contributed by atoms with E-state index in [4.69, 9.17) is 4.74 Å². The Kier molecular flexibility index (Phi) is 3.42. The number of hydrogen-bond acceptors (Lipinski definition) is 2. The lowest BCUT2D eigenvalue weighted by Crippen LogP contribution is -2.10. The zero-order valence-corrected chi connectivity index (χ0v) is 10.2. The zero-order chi connectivity index (χ0) is 13.1. The van der Waals surface area contributed by atoms with E-state index in [0.717, 1.165) is 11.1 Å². The van der Waals surface area contributed by atoms with Crippen molar-refractivity contribution in [1.82, 2.24) is 0 Å². The van der Waals surface area contributed by atoms with Gasteiger partial charge >= 0.3 is 5.97 Å². The molecule has 0 aliphatic rings. The normalized spacial score (nSPS) is 10.2. The Morgan fingerprint density at radius 3 is 2.11 bits per heavy atom. The molecule has 3 heteroatoms. The zero-order valence-electron chi connectivity index (χ0n) is 10.2. The summed E-state index contributed by atoms with van der Waals surface area (Å²) < 4.78 is 18.1. The van der Waals surface area contributed by atoms with Crippen molar-refractivity contribution < 1.29 is 13.9 Å². The number of benzene rings is 2. The largest absolute Gasteiger partial charge is 0.422 e. The molecule has 18 heavy (non-hydrogen) atoms. The van der Waals surface area contributed by atoms with Gasteiger partial charge in [-0.15, -0.1) is 0 Å². The van der Waals surface area contributed by atoms with Crippen LogP contribution in [0.4, 0.5) is 4.39 Å². The summed E-state index contributed by atoms with van der Waals surface area (Å²) in [6.45, 7) is 3.75. The van der Waals surface area contributed by atoms with E-state index in [1.54, 1.807) is 0 Å².